The molecule has 2 heterocycles. The second kappa shape index (κ2) is 6.15. The van der Waals surface area contributed by atoms with Crippen LogP contribution in [0, 0.1) is 0 Å². The van der Waals surface area contributed by atoms with E-state index in [0.717, 1.165) is 32.0 Å². The number of nitrogens with one attached hydrogen (secondary N) is 1. The van der Waals surface area contributed by atoms with Gasteiger partial charge < -0.3 is 9.88 Å². The normalized spacial score (nSPS) is 23.8. The molecule has 0 aromatic carbocycles. The lowest BCUT2D eigenvalue weighted by Crippen LogP contribution is -2.51. The van der Waals surface area contributed by atoms with Gasteiger partial charge in [-0.1, -0.05) is 6.92 Å². The second-order valence-corrected chi connectivity index (χ2v) is 6.10. The Hall–Kier alpha value is -1.40. The Kier molecular flexibility index (Phi) is 4.26. The van der Waals surface area contributed by atoms with Crippen LogP contribution in [0.1, 0.15) is 31.6 Å². The molecular weight excluding hydrogens is 266 g/mol. The molecule has 0 unspecified atom stereocenters. The van der Waals surface area contributed by atoms with Crippen LogP contribution in [-0.4, -0.2) is 76.4 Å². The highest BCUT2D eigenvalue weighted by atomic mass is 16.2. The van der Waals surface area contributed by atoms with E-state index < -0.39 is 0 Å². The number of piperazine rings is 1. The van der Waals surface area contributed by atoms with E-state index >= 15 is 0 Å². The maximum absolute atomic E-state index is 12.6. The standard InChI is InChI=1S/C15H25N5O/c1-3-19(12-4-5-12)11-14(21)20-9-8-18(2)13(10-20)15-16-6-7-17-15/h6-7,12-13H,3-5,8-11H2,1-2H3,(H,16,17)/t13-/m0/s1. The number of carbonyl (C=O) groups is 1. The third-order valence-corrected chi connectivity index (χ3v) is 4.64. The number of hydrogen-bond donors (Lipinski definition) is 1. The molecule has 21 heavy (non-hydrogen) atoms. The summed E-state index contributed by atoms with van der Waals surface area (Å²) >= 11 is 0. The van der Waals surface area contributed by atoms with Gasteiger partial charge in [0.15, 0.2) is 0 Å². The average Bonchev–Trinajstić information content (AvgIpc) is 3.19. The van der Waals surface area contributed by atoms with Crippen molar-refractivity contribution >= 4 is 5.91 Å². The number of likely N-dealkylation sites (N-methyl/N-ethyl adjacent to an activating group) is 2. The zero-order valence-corrected chi connectivity index (χ0v) is 13.0. The summed E-state index contributed by atoms with van der Waals surface area (Å²) in [6.45, 7) is 6.11. The number of carbonyl (C=O) groups excluding carboxylic acids is 1. The van der Waals surface area contributed by atoms with Crippen LogP contribution >= 0.6 is 0 Å². The highest BCUT2D eigenvalue weighted by Gasteiger charge is 2.33. The Bertz CT molecular complexity index is 470. The number of aromatic amines is 1. The minimum absolute atomic E-state index is 0.175. The molecule has 2 aliphatic rings. The van der Waals surface area contributed by atoms with Gasteiger partial charge in [-0.05, 0) is 26.4 Å². The summed E-state index contributed by atoms with van der Waals surface area (Å²) in [5, 5.41) is 0. The summed E-state index contributed by atoms with van der Waals surface area (Å²) in [4.78, 5) is 26.7. The molecule has 2 fully saturated rings. The van der Waals surface area contributed by atoms with Crippen molar-refractivity contribution in [3.63, 3.8) is 0 Å². The zero-order valence-electron chi connectivity index (χ0n) is 13.0. The second-order valence-electron chi connectivity index (χ2n) is 6.10. The summed E-state index contributed by atoms with van der Waals surface area (Å²) in [7, 11) is 2.09. The fourth-order valence-corrected chi connectivity index (χ4v) is 3.07. The molecule has 1 N–H and O–H groups in total. The van der Waals surface area contributed by atoms with Gasteiger partial charge in [0.25, 0.3) is 0 Å². The van der Waals surface area contributed by atoms with Crippen LogP contribution in [0.3, 0.4) is 0 Å². The third kappa shape index (κ3) is 3.27. The van der Waals surface area contributed by atoms with Crippen molar-refractivity contribution < 1.29 is 4.79 Å². The lowest BCUT2D eigenvalue weighted by atomic mass is 10.1. The quantitative estimate of drug-likeness (QED) is 0.868. The van der Waals surface area contributed by atoms with Gasteiger partial charge in [-0.15, -0.1) is 0 Å². The van der Waals surface area contributed by atoms with Crippen LogP contribution in [-0.2, 0) is 4.79 Å². The number of nitrogens with zero attached hydrogens (tertiary/aromatic N) is 4. The van der Waals surface area contributed by atoms with E-state index in [1.165, 1.54) is 12.8 Å². The molecule has 1 saturated carbocycles. The minimum atomic E-state index is 0.175. The van der Waals surface area contributed by atoms with Crippen molar-refractivity contribution in [2.24, 2.45) is 0 Å². The number of aromatic nitrogens is 2. The van der Waals surface area contributed by atoms with E-state index in [-0.39, 0.29) is 11.9 Å². The van der Waals surface area contributed by atoms with Gasteiger partial charge in [0.2, 0.25) is 5.91 Å². The van der Waals surface area contributed by atoms with Crippen LogP contribution in [0.15, 0.2) is 12.4 Å². The lowest BCUT2D eigenvalue weighted by molar-refractivity contribution is -0.135. The van der Waals surface area contributed by atoms with Crippen molar-refractivity contribution in [2.75, 3.05) is 39.8 Å². The molecule has 1 aliphatic carbocycles. The molecule has 0 radical (unpaired) electrons. The average molecular weight is 291 g/mol. The molecule has 1 atom stereocenters. The van der Waals surface area contributed by atoms with E-state index in [4.69, 9.17) is 0 Å². The van der Waals surface area contributed by atoms with Crippen LogP contribution in [0.25, 0.3) is 0 Å². The molecule has 3 rings (SSSR count). The largest absolute Gasteiger partial charge is 0.347 e. The summed E-state index contributed by atoms with van der Waals surface area (Å²) in [5.41, 5.74) is 0. The van der Waals surface area contributed by atoms with Gasteiger partial charge in [0.05, 0.1) is 12.6 Å². The first-order valence-corrected chi connectivity index (χ1v) is 7.90. The molecule has 1 aromatic heterocycles. The fraction of sp³-hybridized carbons (Fsp3) is 0.733. The van der Waals surface area contributed by atoms with Gasteiger partial charge in [0.1, 0.15) is 5.82 Å². The summed E-state index contributed by atoms with van der Waals surface area (Å²) < 4.78 is 0. The van der Waals surface area contributed by atoms with Crippen molar-refractivity contribution in [1.29, 1.82) is 0 Å². The highest BCUT2D eigenvalue weighted by Crippen LogP contribution is 2.27. The summed E-state index contributed by atoms with van der Waals surface area (Å²) in [6, 6.07) is 0.820. The Labute approximate surface area is 126 Å². The van der Waals surface area contributed by atoms with Gasteiger partial charge in [-0.3, -0.25) is 14.6 Å². The number of imidazole rings is 1. The minimum Gasteiger partial charge on any atom is -0.347 e. The van der Waals surface area contributed by atoms with Crippen molar-refractivity contribution in [3.05, 3.63) is 18.2 Å². The molecule has 116 valence electrons. The van der Waals surface area contributed by atoms with Crippen molar-refractivity contribution in [1.82, 2.24) is 24.7 Å². The van der Waals surface area contributed by atoms with Gasteiger partial charge >= 0.3 is 0 Å². The van der Waals surface area contributed by atoms with Crippen LogP contribution < -0.4 is 0 Å². The molecule has 0 spiro atoms. The fourth-order valence-electron chi connectivity index (χ4n) is 3.07. The van der Waals surface area contributed by atoms with Crippen LogP contribution in [0.2, 0.25) is 0 Å². The van der Waals surface area contributed by atoms with Gasteiger partial charge in [-0.25, -0.2) is 4.98 Å². The highest BCUT2D eigenvalue weighted by molar-refractivity contribution is 5.78. The number of rotatable bonds is 5. The van der Waals surface area contributed by atoms with Gasteiger partial charge in [-0.2, -0.15) is 0 Å². The topological polar surface area (TPSA) is 55.5 Å². The molecular formula is C15H25N5O. The summed E-state index contributed by atoms with van der Waals surface area (Å²) in [5.74, 6) is 1.21. The number of hydrogen-bond acceptors (Lipinski definition) is 4. The number of amides is 1. The smallest absolute Gasteiger partial charge is 0.236 e. The van der Waals surface area contributed by atoms with E-state index in [1.54, 1.807) is 6.20 Å². The van der Waals surface area contributed by atoms with Crippen LogP contribution in [0.5, 0.6) is 0 Å². The SMILES string of the molecule is CCN(CC(=O)N1CCN(C)[C@H](c2ncc[nH]2)C1)C1CC1. The first kappa shape index (κ1) is 14.5. The summed E-state index contributed by atoms with van der Waals surface area (Å²) in [6.07, 6.45) is 6.11. The maximum Gasteiger partial charge on any atom is 0.236 e. The molecule has 6 heteroatoms. The van der Waals surface area contributed by atoms with E-state index in [9.17, 15) is 4.79 Å². The number of H-pyrrole nitrogens is 1. The van der Waals surface area contributed by atoms with E-state index in [2.05, 4.69) is 33.7 Å². The van der Waals surface area contributed by atoms with E-state index in [1.807, 2.05) is 11.1 Å². The molecule has 6 nitrogen and oxygen atoms in total. The van der Waals surface area contributed by atoms with Crippen LogP contribution in [0.4, 0.5) is 0 Å². The Morgan fingerprint density at radius 2 is 2.29 bits per heavy atom. The Morgan fingerprint density at radius 1 is 1.48 bits per heavy atom. The molecule has 1 aromatic rings. The molecule has 1 saturated heterocycles. The lowest BCUT2D eigenvalue weighted by Gasteiger charge is -2.39. The van der Waals surface area contributed by atoms with Crippen molar-refractivity contribution in [3.8, 4) is 0 Å². The first-order chi connectivity index (χ1) is 10.2. The van der Waals surface area contributed by atoms with Crippen molar-refractivity contribution in [2.45, 2.75) is 31.8 Å². The third-order valence-electron chi connectivity index (χ3n) is 4.64. The molecule has 1 aliphatic heterocycles. The Balaban J connectivity index is 1.61. The predicted molar refractivity (Wildman–Crippen MR) is 80.8 cm³/mol. The Morgan fingerprint density at radius 3 is 2.90 bits per heavy atom. The molecule has 0 bridgehead atoms. The predicted octanol–water partition coefficient (Wildman–Crippen LogP) is 0.709. The van der Waals surface area contributed by atoms with Gasteiger partial charge in [0, 0.05) is 38.1 Å². The zero-order chi connectivity index (χ0) is 14.8. The monoisotopic (exact) mass is 291 g/mol. The van der Waals surface area contributed by atoms with E-state index in [0.29, 0.717) is 12.6 Å². The maximum atomic E-state index is 12.6. The molecule has 1 amide bonds. The first-order valence-electron chi connectivity index (χ1n) is 7.90.